The number of morpholine rings is 1. The van der Waals surface area contributed by atoms with E-state index in [4.69, 9.17) is 4.74 Å². The summed E-state index contributed by atoms with van der Waals surface area (Å²) in [6.45, 7) is 2.77. The van der Waals surface area contributed by atoms with E-state index >= 15 is 0 Å². The van der Waals surface area contributed by atoms with Crippen molar-refractivity contribution < 1.29 is 4.74 Å². The zero-order valence-corrected chi connectivity index (χ0v) is 14.7. The number of allylic oxidation sites excluding steroid dienone is 1. The fourth-order valence-corrected chi connectivity index (χ4v) is 3.01. The first-order valence-corrected chi connectivity index (χ1v) is 8.72. The van der Waals surface area contributed by atoms with E-state index in [1.165, 1.54) is 0 Å². The van der Waals surface area contributed by atoms with Gasteiger partial charge in [0, 0.05) is 25.5 Å². The molecule has 0 atom stereocenters. The molecule has 0 radical (unpaired) electrons. The third-order valence-electron chi connectivity index (χ3n) is 4.33. The molecule has 27 heavy (non-hydrogen) atoms. The van der Waals surface area contributed by atoms with Gasteiger partial charge in [-0.3, -0.25) is 9.55 Å². The number of ether oxygens (including phenoxy) is 1. The summed E-state index contributed by atoms with van der Waals surface area (Å²) >= 11 is 0. The topological polar surface area (TPSA) is 79.9 Å². The number of rotatable bonds is 4. The predicted octanol–water partition coefficient (Wildman–Crippen LogP) is 2.56. The molecule has 1 aliphatic heterocycles. The van der Waals surface area contributed by atoms with Crippen LogP contribution in [0.1, 0.15) is 11.4 Å². The molecule has 7 nitrogen and oxygen atoms in total. The van der Waals surface area contributed by atoms with Crippen LogP contribution in [-0.2, 0) is 4.74 Å². The number of nitrogens with zero attached hydrogens (tertiary/aromatic N) is 6. The molecular formula is C20H18N6O. The second kappa shape index (κ2) is 7.81. The molecular weight excluding hydrogens is 340 g/mol. The summed E-state index contributed by atoms with van der Waals surface area (Å²) in [4.78, 5) is 6.15. The van der Waals surface area contributed by atoms with Gasteiger partial charge in [-0.15, -0.1) is 10.2 Å². The van der Waals surface area contributed by atoms with Crippen molar-refractivity contribution in [1.82, 2.24) is 19.7 Å². The number of aromatic nitrogens is 4. The van der Waals surface area contributed by atoms with Crippen LogP contribution < -0.4 is 4.90 Å². The molecule has 1 saturated heterocycles. The summed E-state index contributed by atoms with van der Waals surface area (Å²) in [5.41, 5.74) is 2.24. The van der Waals surface area contributed by atoms with Gasteiger partial charge < -0.3 is 9.64 Å². The van der Waals surface area contributed by atoms with E-state index in [1.807, 2.05) is 47.0 Å². The molecule has 0 bridgehead atoms. The average Bonchev–Trinajstić information content (AvgIpc) is 3.19. The van der Waals surface area contributed by atoms with Crippen LogP contribution in [0.25, 0.3) is 17.3 Å². The molecule has 1 aromatic carbocycles. The second-order valence-electron chi connectivity index (χ2n) is 6.04. The fraction of sp³-hybridized carbons (Fsp3) is 0.200. The van der Waals surface area contributed by atoms with Gasteiger partial charge in [0.05, 0.1) is 24.5 Å². The van der Waals surface area contributed by atoms with E-state index in [1.54, 1.807) is 18.5 Å². The van der Waals surface area contributed by atoms with E-state index in [0.717, 1.165) is 30.3 Å². The minimum absolute atomic E-state index is 0.442. The van der Waals surface area contributed by atoms with Crippen molar-refractivity contribution in [1.29, 1.82) is 5.26 Å². The van der Waals surface area contributed by atoms with Gasteiger partial charge >= 0.3 is 0 Å². The number of nitriles is 1. The molecule has 4 rings (SSSR count). The Morgan fingerprint density at radius 2 is 1.78 bits per heavy atom. The molecule has 0 N–H and O–H groups in total. The fourth-order valence-electron chi connectivity index (χ4n) is 3.01. The molecule has 3 heterocycles. The maximum absolute atomic E-state index is 9.78. The minimum atomic E-state index is 0.442. The summed E-state index contributed by atoms with van der Waals surface area (Å²) in [6.07, 6.45) is 5.19. The Labute approximate surface area is 157 Å². The third-order valence-corrected chi connectivity index (χ3v) is 4.33. The van der Waals surface area contributed by atoms with E-state index in [9.17, 15) is 5.26 Å². The van der Waals surface area contributed by atoms with E-state index in [2.05, 4.69) is 26.2 Å². The normalized spacial score (nSPS) is 14.8. The van der Waals surface area contributed by atoms with E-state index in [0.29, 0.717) is 24.6 Å². The van der Waals surface area contributed by atoms with Crippen molar-refractivity contribution in [3.8, 4) is 11.8 Å². The number of anilines is 1. The highest BCUT2D eigenvalue weighted by Gasteiger charge is 2.23. The lowest BCUT2D eigenvalue weighted by molar-refractivity contribution is 0.122. The molecule has 1 fully saturated rings. The predicted molar refractivity (Wildman–Crippen MR) is 102 cm³/mol. The zero-order chi connectivity index (χ0) is 18.5. The highest BCUT2D eigenvalue weighted by atomic mass is 16.5. The van der Waals surface area contributed by atoms with Crippen LogP contribution in [0.2, 0.25) is 0 Å². The molecule has 0 unspecified atom stereocenters. The first-order chi connectivity index (χ1) is 13.4. The van der Waals surface area contributed by atoms with Crippen LogP contribution >= 0.6 is 0 Å². The molecule has 134 valence electrons. The van der Waals surface area contributed by atoms with Crippen LogP contribution in [-0.4, -0.2) is 46.1 Å². The number of hydrogen-bond acceptors (Lipinski definition) is 6. The Morgan fingerprint density at radius 3 is 2.48 bits per heavy atom. The van der Waals surface area contributed by atoms with Crippen LogP contribution in [0.4, 0.5) is 5.95 Å². The second-order valence-corrected chi connectivity index (χ2v) is 6.04. The molecule has 7 heteroatoms. The Morgan fingerprint density at radius 1 is 1.04 bits per heavy atom. The maximum Gasteiger partial charge on any atom is 0.232 e. The van der Waals surface area contributed by atoms with Gasteiger partial charge in [0.2, 0.25) is 5.95 Å². The molecule has 0 spiro atoms. The van der Waals surface area contributed by atoms with Crippen molar-refractivity contribution in [2.75, 3.05) is 31.2 Å². The Hall–Kier alpha value is -3.50. The zero-order valence-electron chi connectivity index (χ0n) is 14.7. The summed E-state index contributed by atoms with van der Waals surface area (Å²) < 4.78 is 7.38. The molecule has 0 aliphatic carbocycles. The number of benzene rings is 1. The molecule has 0 amide bonds. The first kappa shape index (κ1) is 16.9. The monoisotopic (exact) mass is 358 g/mol. The van der Waals surface area contributed by atoms with E-state index < -0.39 is 0 Å². The van der Waals surface area contributed by atoms with Gasteiger partial charge in [0.15, 0.2) is 5.82 Å². The van der Waals surface area contributed by atoms with Crippen molar-refractivity contribution in [2.45, 2.75) is 0 Å². The molecule has 3 aromatic rings. The van der Waals surface area contributed by atoms with Gasteiger partial charge in [0.25, 0.3) is 0 Å². The largest absolute Gasteiger partial charge is 0.378 e. The summed E-state index contributed by atoms with van der Waals surface area (Å²) in [5, 5.41) is 18.5. The molecule has 0 saturated carbocycles. The van der Waals surface area contributed by atoms with Crippen LogP contribution in [0, 0.1) is 11.3 Å². The Bertz CT molecular complexity index is 969. The summed E-state index contributed by atoms with van der Waals surface area (Å²) in [7, 11) is 0. The van der Waals surface area contributed by atoms with Gasteiger partial charge in [-0.1, -0.05) is 18.2 Å². The van der Waals surface area contributed by atoms with Crippen LogP contribution in [0.5, 0.6) is 0 Å². The van der Waals surface area contributed by atoms with Crippen molar-refractivity contribution in [3.63, 3.8) is 0 Å². The highest BCUT2D eigenvalue weighted by molar-refractivity contribution is 5.88. The van der Waals surface area contributed by atoms with Crippen LogP contribution in [0.15, 0.2) is 54.9 Å². The minimum Gasteiger partial charge on any atom is -0.378 e. The lowest BCUT2D eigenvalue weighted by atomic mass is 10.1. The van der Waals surface area contributed by atoms with Gasteiger partial charge in [0.1, 0.15) is 6.07 Å². The van der Waals surface area contributed by atoms with Gasteiger partial charge in [-0.25, -0.2) is 0 Å². The number of pyridine rings is 1. The lowest BCUT2D eigenvalue weighted by Crippen LogP contribution is -2.38. The lowest BCUT2D eigenvalue weighted by Gasteiger charge is -2.28. The molecule has 1 aliphatic rings. The standard InChI is InChI=1S/C20H18N6O/c21-15-17(14-16-6-8-22-9-7-16)19-23-24-20(25-10-12-27-13-11-25)26(19)18-4-2-1-3-5-18/h1-9,14H,10-13H2/b17-14+. The van der Waals surface area contributed by atoms with Gasteiger partial charge in [-0.05, 0) is 35.9 Å². The number of hydrogen-bond donors (Lipinski definition) is 0. The smallest absolute Gasteiger partial charge is 0.232 e. The average molecular weight is 358 g/mol. The quantitative estimate of drug-likeness (QED) is 0.667. The SMILES string of the molecule is N#C/C(=C\c1ccncc1)c1nnc(N2CCOCC2)n1-c1ccccc1. The van der Waals surface area contributed by atoms with Crippen LogP contribution in [0.3, 0.4) is 0 Å². The summed E-state index contributed by atoms with van der Waals surface area (Å²) in [6, 6.07) is 15.8. The van der Waals surface area contributed by atoms with Crippen molar-refractivity contribution >= 4 is 17.6 Å². The van der Waals surface area contributed by atoms with E-state index in [-0.39, 0.29) is 0 Å². The highest BCUT2D eigenvalue weighted by Crippen LogP contribution is 2.26. The van der Waals surface area contributed by atoms with Crippen molar-refractivity contribution in [3.05, 3.63) is 66.2 Å². The number of para-hydroxylation sites is 1. The maximum atomic E-state index is 9.78. The van der Waals surface area contributed by atoms with Gasteiger partial charge in [-0.2, -0.15) is 5.26 Å². The third kappa shape index (κ3) is 3.57. The first-order valence-electron chi connectivity index (χ1n) is 8.72. The molecule has 2 aromatic heterocycles. The van der Waals surface area contributed by atoms with Crippen molar-refractivity contribution in [2.24, 2.45) is 0 Å². The Balaban J connectivity index is 1.84. The summed E-state index contributed by atoms with van der Waals surface area (Å²) in [5.74, 6) is 1.23. The Kier molecular flexibility index (Phi) is 4.90.